The quantitative estimate of drug-likeness (QED) is 0.720. The van der Waals surface area contributed by atoms with Gasteiger partial charge in [0.15, 0.2) is 0 Å². The van der Waals surface area contributed by atoms with Gasteiger partial charge in [0.05, 0.1) is 7.11 Å². The molecule has 0 heterocycles. The predicted octanol–water partition coefficient (Wildman–Crippen LogP) is 2.67. The maximum Gasteiger partial charge on any atom is 0.133 e. The van der Waals surface area contributed by atoms with Crippen molar-refractivity contribution >= 4 is 6.29 Å². The molecular formula is C11H12F2O2. The molecule has 0 aliphatic rings. The fourth-order valence-electron chi connectivity index (χ4n) is 1.47. The fraction of sp³-hybridized carbons (Fsp3) is 0.364. The number of hydrogen-bond donors (Lipinski definition) is 0. The third kappa shape index (κ3) is 2.52. The summed E-state index contributed by atoms with van der Waals surface area (Å²) >= 11 is 0. The highest BCUT2D eigenvalue weighted by atomic mass is 19.1. The summed E-state index contributed by atoms with van der Waals surface area (Å²) in [6.45, 7) is 1.69. The summed E-state index contributed by atoms with van der Waals surface area (Å²) in [6, 6.07) is 1.90. The van der Waals surface area contributed by atoms with Crippen LogP contribution in [0.3, 0.4) is 0 Å². The molecule has 1 aromatic carbocycles. The van der Waals surface area contributed by atoms with Crippen LogP contribution in [0.2, 0.25) is 0 Å². The lowest BCUT2D eigenvalue weighted by molar-refractivity contribution is -0.108. The second-order valence-corrected chi connectivity index (χ2v) is 3.31. The summed E-state index contributed by atoms with van der Waals surface area (Å²) in [6.07, 6.45) is 0.881. The molecule has 0 radical (unpaired) electrons. The average Bonchev–Trinajstić information content (AvgIpc) is 2.16. The summed E-state index contributed by atoms with van der Waals surface area (Å²) in [5.74, 6) is -1.55. The number of ether oxygens (including phenoxy) is 1. The predicted molar refractivity (Wildman–Crippen MR) is 52.0 cm³/mol. The van der Waals surface area contributed by atoms with Gasteiger partial charge in [0.2, 0.25) is 0 Å². The lowest BCUT2D eigenvalue weighted by Crippen LogP contribution is -2.03. The van der Waals surface area contributed by atoms with E-state index in [0.29, 0.717) is 6.29 Å². The first kappa shape index (κ1) is 11.6. The number of benzene rings is 1. The Morgan fingerprint density at radius 1 is 1.47 bits per heavy atom. The van der Waals surface area contributed by atoms with Gasteiger partial charge >= 0.3 is 0 Å². The molecular weight excluding hydrogens is 202 g/mol. The third-order valence-electron chi connectivity index (χ3n) is 2.22. The molecule has 15 heavy (non-hydrogen) atoms. The van der Waals surface area contributed by atoms with E-state index in [1.54, 1.807) is 6.92 Å². The minimum Gasteiger partial charge on any atom is -0.496 e. The molecule has 0 saturated heterocycles. The van der Waals surface area contributed by atoms with Crippen LogP contribution in [0.5, 0.6) is 5.75 Å². The molecule has 0 spiro atoms. The molecule has 1 atom stereocenters. The highest BCUT2D eigenvalue weighted by molar-refractivity contribution is 5.53. The van der Waals surface area contributed by atoms with Crippen molar-refractivity contribution in [2.45, 2.75) is 19.3 Å². The molecule has 82 valence electrons. The first-order valence-corrected chi connectivity index (χ1v) is 4.56. The van der Waals surface area contributed by atoms with Crippen molar-refractivity contribution in [2.75, 3.05) is 7.11 Å². The molecule has 2 nitrogen and oxygen atoms in total. The molecule has 0 bridgehead atoms. The second-order valence-electron chi connectivity index (χ2n) is 3.31. The topological polar surface area (TPSA) is 26.3 Å². The number of carbonyl (C=O) groups is 1. The van der Waals surface area contributed by atoms with Gasteiger partial charge < -0.3 is 9.53 Å². The van der Waals surface area contributed by atoms with Crippen molar-refractivity contribution in [3.8, 4) is 5.75 Å². The number of methoxy groups -OCH3 is 1. The maximum atomic E-state index is 13.4. The Morgan fingerprint density at radius 3 is 2.67 bits per heavy atom. The Morgan fingerprint density at radius 2 is 2.13 bits per heavy atom. The van der Waals surface area contributed by atoms with Gasteiger partial charge in [-0.1, -0.05) is 6.92 Å². The van der Waals surface area contributed by atoms with E-state index in [1.807, 2.05) is 0 Å². The van der Waals surface area contributed by atoms with Gasteiger partial charge in [0.25, 0.3) is 0 Å². The SMILES string of the molecule is COc1cc(F)cc(F)c1C(C)CC=O. The Hall–Kier alpha value is -1.45. The van der Waals surface area contributed by atoms with Crippen molar-refractivity contribution < 1.29 is 18.3 Å². The molecule has 1 aromatic rings. The van der Waals surface area contributed by atoms with Crippen molar-refractivity contribution in [1.82, 2.24) is 0 Å². The normalized spacial score (nSPS) is 12.3. The molecule has 0 fully saturated rings. The molecule has 0 amide bonds. The monoisotopic (exact) mass is 214 g/mol. The minimum atomic E-state index is -0.689. The molecule has 0 aromatic heterocycles. The lowest BCUT2D eigenvalue weighted by Gasteiger charge is -2.14. The van der Waals surface area contributed by atoms with Crippen LogP contribution in [0.15, 0.2) is 12.1 Å². The first-order valence-electron chi connectivity index (χ1n) is 4.56. The van der Waals surface area contributed by atoms with Crippen LogP contribution in [0, 0.1) is 11.6 Å². The minimum absolute atomic E-state index is 0.141. The Kier molecular flexibility index (Phi) is 3.77. The van der Waals surface area contributed by atoms with E-state index < -0.39 is 11.6 Å². The van der Waals surface area contributed by atoms with Crippen molar-refractivity contribution in [2.24, 2.45) is 0 Å². The molecule has 0 aliphatic carbocycles. The highest BCUT2D eigenvalue weighted by Crippen LogP contribution is 2.31. The van der Waals surface area contributed by atoms with Crippen LogP contribution in [0.4, 0.5) is 8.78 Å². The fourth-order valence-corrected chi connectivity index (χ4v) is 1.47. The van der Waals surface area contributed by atoms with Crippen LogP contribution in [-0.2, 0) is 4.79 Å². The summed E-state index contributed by atoms with van der Waals surface area (Å²) in [5, 5.41) is 0. The van der Waals surface area contributed by atoms with E-state index >= 15 is 0 Å². The summed E-state index contributed by atoms with van der Waals surface area (Å²) in [5.41, 5.74) is 0.242. The lowest BCUT2D eigenvalue weighted by atomic mass is 9.97. The summed E-state index contributed by atoms with van der Waals surface area (Å²) < 4.78 is 31.2. The number of hydrogen-bond acceptors (Lipinski definition) is 2. The summed E-state index contributed by atoms with van der Waals surface area (Å²) in [7, 11) is 1.34. The van der Waals surface area contributed by atoms with Gasteiger partial charge in [0.1, 0.15) is 23.7 Å². The molecule has 4 heteroatoms. The zero-order valence-corrected chi connectivity index (χ0v) is 8.59. The molecule has 1 unspecified atom stereocenters. The maximum absolute atomic E-state index is 13.4. The van der Waals surface area contributed by atoms with E-state index in [0.717, 1.165) is 12.1 Å². The van der Waals surface area contributed by atoms with Gasteiger partial charge in [0, 0.05) is 24.1 Å². The zero-order chi connectivity index (χ0) is 11.4. The van der Waals surface area contributed by atoms with E-state index in [4.69, 9.17) is 4.74 Å². The van der Waals surface area contributed by atoms with Crippen molar-refractivity contribution in [3.63, 3.8) is 0 Å². The number of carbonyl (C=O) groups excluding carboxylic acids is 1. The van der Waals surface area contributed by atoms with E-state index in [-0.39, 0.29) is 23.7 Å². The van der Waals surface area contributed by atoms with Crippen molar-refractivity contribution in [3.05, 3.63) is 29.3 Å². The van der Waals surface area contributed by atoms with Crippen molar-refractivity contribution in [1.29, 1.82) is 0 Å². The zero-order valence-electron chi connectivity index (χ0n) is 8.59. The smallest absolute Gasteiger partial charge is 0.133 e. The Balaban J connectivity index is 3.19. The van der Waals surface area contributed by atoms with Gasteiger partial charge in [-0.15, -0.1) is 0 Å². The number of aldehydes is 1. The van der Waals surface area contributed by atoms with Crippen LogP contribution in [-0.4, -0.2) is 13.4 Å². The molecule has 0 saturated carbocycles. The molecule has 0 aliphatic heterocycles. The molecule has 0 N–H and O–H groups in total. The largest absolute Gasteiger partial charge is 0.496 e. The van der Waals surface area contributed by atoms with Gasteiger partial charge in [-0.25, -0.2) is 8.78 Å². The van der Waals surface area contributed by atoms with Crippen LogP contribution in [0.25, 0.3) is 0 Å². The Labute approximate surface area is 86.9 Å². The number of rotatable bonds is 4. The number of halogens is 2. The van der Waals surface area contributed by atoms with Gasteiger partial charge in [-0.05, 0) is 5.92 Å². The van der Waals surface area contributed by atoms with E-state index in [1.165, 1.54) is 7.11 Å². The van der Waals surface area contributed by atoms with Gasteiger partial charge in [-0.2, -0.15) is 0 Å². The van der Waals surface area contributed by atoms with Gasteiger partial charge in [-0.3, -0.25) is 0 Å². The van der Waals surface area contributed by atoms with Crippen LogP contribution < -0.4 is 4.74 Å². The second kappa shape index (κ2) is 4.87. The van der Waals surface area contributed by atoms with E-state index in [2.05, 4.69) is 0 Å². The standard InChI is InChI=1S/C11H12F2O2/c1-7(3-4-14)11-9(13)5-8(12)6-10(11)15-2/h4-7H,3H2,1-2H3. The highest BCUT2D eigenvalue weighted by Gasteiger charge is 2.17. The average molecular weight is 214 g/mol. The summed E-state index contributed by atoms with van der Waals surface area (Å²) in [4.78, 5) is 10.3. The third-order valence-corrected chi connectivity index (χ3v) is 2.22. The van der Waals surface area contributed by atoms with Crippen LogP contribution >= 0.6 is 0 Å². The molecule has 1 rings (SSSR count). The Bertz CT molecular complexity index is 364. The first-order chi connectivity index (χ1) is 7.10. The van der Waals surface area contributed by atoms with Crippen LogP contribution in [0.1, 0.15) is 24.8 Å². The van der Waals surface area contributed by atoms with E-state index in [9.17, 15) is 13.6 Å².